The third-order valence-corrected chi connectivity index (χ3v) is 4.41. The number of rotatable bonds is 8. The highest BCUT2D eigenvalue weighted by Gasteiger charge is 2.46. The molecule has 0 bridgehead atoms. The third-order valence-electron chi connectivity index (χ3n) is 4.41. The van der Waals surface area contributed by atoms with Gasteiger partial charge >= 0.3 is 0 Å². The molecule has 0 heterocycles. The van der Waals surface area contributed by atoms with E-state index in [-0.39, 0.29) is 12.1 Å². The number of nitrogens with one attached hydrogen (secondary N) is 1. The Morgan fingerprint density at radius 3 is 2.11 bits per heavy atom. The predicted molar refractivity (Wildman–Crippen MR) is 77.7 cm³/mol. The molecule has 3 heteroatoms. The first-order valence-electron chi connectivity index (χ1n) is 7.41. The smallest absolute Gasteiger partial charge is 0.0628 e. The maximum atomic E-state index is 9.92. The van der Waals surface area contributed by atoms with Crippen LogP contribution in [-0.2, 0) is 0 Å². The Kier molecular flexibility index (Phi) is 5.63. The van der Waals surface area contributed by atoms with Crippen molar-refractivity contribution in [2.45, 2.75) is 65.1 Å². The van der Waals surface area contributed by atoms with Crippen LogP contribution >= 0.6 is 0 Å². The Bertz CT molecular complexity index is 251. The topological polar surface area (TPSA) is 35.5 Å². The molecule has 3 nitrogen and oxygen atoms in total. The lowest BCUT2D eigenvalue weighted by molar-refractivity contribution is 0.0711. The van der Waals surface area contributed by atoms with Crippen LogP contribution in [0.4, 0.5) is 0 Å². The Morgan fingerprint density at radius 1 is 1.22 bits per heavy atom. The quantitative estimate of drug-likeness (QED) is 0.698. The van der Waals surface area contributed by atoms with Gasteiger partial charge in [-0.2, -0.15) is 0 Å². The molecule has 0 aromatic carbocycles. The fourth-order valence-corrected chi connectivity index (χ4v) is 2.83. The van der Waals surface area contributed by atoms with E-state index in [1.165, 1.54) is 12.8 Å². The molecule has 1 rings (SSSR count). The molecule has 18 heavy (non-hydrogen) atoms. The van der Waals surface area contributed by atoms with Crippen molar-refractivity contribution < 1.29 is 5.11 Å². The molecule has 0 aromatic heterocycles. The van der Waals surface area contributed by atoms with Crippen molar-refractivity contribution in [2.75, 3.05) is 20.2 Å². The number of hydrogen-bond donors (Lipinski definition) is 2. The van der Waals surface area contributed by atoms with Crippen LogP contribution in [0.1, 0.15) is 47.5 Å². The van der Waals surface area contributed by atoms with Crippen molar-refractivity contribution in [1.29, 1.82) is 0 Å². The van der Waals surface area contributed by atoms with Crippen molar-refractivity contribution in [3.63, 3.8) is 0 Å². The van der Waals surface area contributed by atoms with Crippen LogP contribution < -0.4 is 5.32 Å². The van der Waals surface area contributed by atoms with Crippen LogP contribution in [0.25, 0.3) is 0 Å². The molecule has 1 aliphatic rings. The highest BCUT2D eigenvalue weighted by Crippen LogP contribution is 2.40. The summed E-state index contributed by atoms with van der Waals surface area (Å²) in [5, 5.41) is 13.6. The minimum absolute atomic E-state index is 0.105. The van der Waals surface area contributed by atoms with Gasteiger partial charge in [0.05, 0.1) is 12.1 Å². The fraction of sp³-hybridized carbons (Fsp3) is 1.00. The second kappa shape index (κ2) is 6.36. The molecule has 2 N–H and O–H groups in total. The van der Waals surface area contributed by atoms with Crippen molar-refractivity contribution in [2.24, 2.45) is 11.8 Å². The lowest BCUT2D eigenvalue weighted by Crippen LogP contribution is -2.60. The molecule has 2 unspecified atom stereocenters. The van der Waals surface area contributed by atoms with Crippen molar-refractivity contribution in [3.8, 4) is 0 Å². The first-order valence-corrected chi connectivity index (χ1v) is 7.41. The Balaban J connectivity index is 2.71. The van der Waals surface area contributed by atoms with E-state index in [0.717, 1.165) is 6.54 Å². The Morgan fingerprint density at radius 2 is 1.78 bits per heavy atom. The molecule has 0 aromatic rings. The van der Waals surface area contributed by atoms with E-state index >= 15 is 0 Å². The van der Waals surface area contributed by atoms with Crippen molar-refractivity contribution in [3.05, 3.63) is 0 Å². The highest BCUT2D eigenvalue weighted by atomic mass is 16.3. The van der Waals surface area contributed by atoms with E-state index in [2.05, 4.69) is 51.9 Å². The van der Waals surface area contributed by atoms with Gasteiger partial charge in [0.15, 0.2) is 0 Å². The Labute approximate surface area is 113 Å². The predicted octanol–water partition coefficient (Wildman–Crippen LogP) is 2.10. The number of aliphatic hydroxyl groups is 1. The van der Waals surface area contributed by atoms with Crippen LogP contribution in [0, 0.1) is 11.8 Å². The lowest BCUT2D eigenvalue weighted by atomic mass is 9.91. The monoisotopic (exact) mass is 256 g/mol. The largest absolute Gasteiger partial charge is 0.394 e. The first-order chi connectivity index (χ1) is 8.32. The maximum Gasteiger partial charge on any atom is 0.0628 e. The summed E-state index contributed by atoms with van der Waals surface area (Å²) in [7, 11) is 2.18. The molecule has 0 amide bonds. The molecule has 2 atom stereocenters. The van der Waals surface area contributed by atoms with Crippen molar-refractivity contribution >= 4 is 0 Å². The molecular weight excluding hydrogens is 224 g/mol. The molecule has 1 fully saturated rings. The van der Waals surface area contributed by atoms with Gasteiger partial charge in [-0.05, 0) is 38.6 Å². The van der Waals surface area contributed by atoms with Crippen LogP contribution in [0.3, 0.4) is 0 Å². The molecule has 1 saturated carbocycles. The van der Waals surface area contributed by atoms with Gasteiger partial charge in [0, 0.05) is 18.6 Å². The summed E-state index contributed by atoms with van der Waals surface area (Å²) >= 11 is 0. The molecule has 0 radical (unpaired) electrons. The zero-order valence-electron chi connectivity index (χ0n) is 13.0. The molecule has 0 spiro atoms. The summed E-state index contributed by atoms with van der Waals surface area (Å²) in [6.07, 6.45) is 2.51. The minimum atomic E-state index is -0.105. The van der Waals surface area contributed by atoms with Gasteiger partial charge < -0.3 is 15.3 Å². The van der Waals surface area contributed by atoms with Gasteiger partial charge in [0.1, 0.15) is 0 Å². The average Bonchev–Trinajstić information content (AvgIpc) is 3.09. The van der Waals surface area contributed by atoms with Crippen molar-refractivity contribution in [1.82, 2.24) is 10.2 Å². The first kappa shape index (κ1) is 15.9. The summed E-state index contributed by atoms with van der Waals surface area (Å²) in [6.45, 7) is 12.3. The second-order valence-electron chi connectivity index (χ2n) is 6.79. The van der Waals surface area contributed by atoms with Gasteiger partial charge in [-0.25, -0.2) is 0 Å². The number of likely N-dealkylation sites (N-methyl/N-ethyl adjacent to an activating group) is 1. The second-order valence-corrected chi connectivity index (χ2v) is 6.79. The normalized spacial score (nSPS) is 21.7. The number of hydrogen-bond acceptors (Lipinski definition) is 3. The minimum Gasteiger partial charge on any atom is -0.394 e. The maximum absolute atomic E-state index is 9.92. The van der Waals surface area contributed by atoms with Gasteiger partial charge in [-0.1, -0.05) is 27.7 Å². The van der Waals surface area contributed by atoms with Crippen LogP contribution in [0.2, 0.25) is 0 Å². The van der Waals surface area contributed by atoms with E-state index < -0.39 is 0 Å². The third kappa shape index (κ3) is 3.94. The molecule has 108 valence electrons. The van der Waals surface area contributed by atoms with Crippen LogP contribution in [0.5, 0.6) is 0 Å². The number of aliphatic hydroxyl groups excluding tert-OH is 1. The van der Waals surface area contributed by atoms with E-state index in [1.54, 1.807) is 0 Å². The van der Waals surface area contributed by atoms with Gasteiger partial charge in [-0.3, -0.25) is 0 Å². The van der Waals surface area contributed by atoms with E-state index in [1.807, 2.05) is 0 Å². The fourth-order valence-electron chi connectivity index (χ4n) is 2.83. The summed E-state index contributed by atoms with van der Waals surface area (Å²) in [5.41, 5.74) is -0.105. The van der Waals surface area contributed by atoms with E-state index in [0.29, 0.717) is 23.9 Å². The van der Waals surface area contributed by atoms with Gasteiger partial charge in [0.2, 0.25) is 0 Å². The lowest BCUT2D eigenvalue weighted by Gasteiger charge is -2.41. The number of nitrogens with zero attached hydrogens (tertiary/aromatic N) is 1. The standard InChI is InChI=1S/C15H32N2O/c1-11(2)13(5)17(6)9-15(10-18,14-7-8-14)16-12(3)4/h11-14,16,18H,7-10H2,1-6H3. The van der Waals surface area contributed by atoms with E-state index in [9.17, 15) is 5.11 Å². The molecular formula is C15H32N2O. The average molecular weight is 256 g/mol. The van der Waals surface area contributed by atoms with Crippen LogP contribution in [-0.4, -0.2) is 47.8 Å². The van der Waals surface area contributed by atoms with Gasteiger partial charge in [0.25, 0.3) is 0 Å². The zero-order chi connectivity index (χ0) is 13.9. The summed E-state index contributed by atoms with van der Waals surface area (Å²) < 4.78 is 0. The Hall–Kier alpha value is -0.120. The molecule has 1 aliphatic carbocycles. The zero-order valence-corrected chi connectivity index (χ0v) is 13.0. The SMILES string of the molecule is CC(C)NC(CO)(CN(C)C(C)C(C)C)C1CC1. The molecule has 0 saturated heterocycles. The van der Waals surface area contributed by atoms with Gasteiger partial charge in [-0.15, -0.1) is 0 Å². The summed E-state index contributed by atoms with van der Waals surface area (Å²) in [6, 6.07) is 0.962. The molecule has 0 aliphatic heterocycles. The highest BCUT2D eigenvalue weighted by molar-refractivity contribution is 5.03. The summed E-state index contributed by atoms with van der Waals surface area (Å²) in [4.78, 5) is 2.40. The summed E-state index contributed by atoms with van der Waals surface area (Å²) in [5.74, 6) is 1.29. The van der Waals surface area contributed by atoms with E-state index in [4.69, 9.17) is 0 Å². The van der Waals surface area contributed by atoms with Crippen LogP contribution in [0.15, 0.2) is 0 Å².